The maximum atomic E-state index is 5.73. The standard InChI is InChI=1S/C17H26OS/c1-4-14-7-10-16(14)17(18-3)11-12-19-15-8-5-13(2)6-9-15/h5-6,8-9,14,16-17H,4,7,10-12H2,1-3H3/t14-,16-,17+/m1/s1. The minimum absolute atomic E-state index is 0.469. The molecule has 1 fully saturated rings. The van der Waals surface area contributed by atoms with Crippen molar-refractivity contribution in [3.05, 3.63) is 29.8 Å². The van der Waals surface area contributed by atoms with Crippen molar-refractivity contribution < 1.29 is 4.74 Å². The van der Waals surface area contributed by atoms with Crippen molar-refractivity contribution in [1.29, 1.82) is 0 Å². The third-order valence-corrected chi connectivity index (χ3v) is 5.52. The van der Waals surface area contributed by atoms with Gasteiger partial charge in [0.15, 0.2) is 0 Å². The van der Waals surface area contributed by atoms with Gasteiger partial charge in [0.05, 0.1) is 6.10 Å². The van der Waals surface area contributed by atoms with Crippen LogP contribution in [0.4, 0.5) is 0 Å². The largest absolute Gasteiger partial charge is 0.381 e. The van der Waals surface area contributed by atoms with Gasteiger partial charge in [0.1, 0.15) is 0 Å². The lowest BCUT2D eigenvalue weighted by Crippen LogP contribution is -2.37. The van der Waals surface area contributed by atoms with Crippen molar-refractivity contribution in [1.82, 2.24) is 0 Å². The molecule has 0 saturated heterocycles. The molecule has 0 aromatic heterocycles. The van der Waals surface area contributed by atoms with Crippen molar-refractivity contribution in [2.75, 3.05) is 12.9 Å². The molecule has 1 aromatic carbocycles. The molecule has 106 valence electrons. The maximum Gasteiger partial charge on any atom is 0.0610 e. The van der Waals surface area contributed by atoms with Crippen LogP contribution in [0, 0.1) is 18.8 Å². The van der Waals surface area contributed by atoms with Crippen LogP contribution in [-0.2, 0) is 4.74 Å². The lowest BCUT2D eigenvalue weighted by molar-refractivity contribution is -0.0206. The van der Waals surface area contributed by atoms with E-state index in [4.69, 9.17) is 4.74 Å². The Morgan fingerprint density at radius 3 is 2.53 bits per heavy atom. The number of benzene rings is 1. The Morgan fingerprint density at radius 1 is 1.26 bits per heavy atom. The summed E-state index contributed by atoms with van der Waals surface area (Å²) in [6.45, 7) is 4.45. The summed E-state index contributed by atoms with van der Waals surface area (Å²) in [6.07, 6.45) is 5.74. The van der Waals surface area contributed by atoms with Crippen molar-refractivity contribution in [3.8, 4) is 0 Å². The molecule has 1 aromatic rings. The number of hydrogen-bond acceptors (Lipinski definition) is 2. The van der Waals surface area contributed by atoms with E-state index >= 15 is 0 Å². The third kappa shape index (κ3) is 4.00. The summed E-state index contributed by atoms with van der Waals surface area (Å²) in [4.78, 5) is 1.38. The van der Waals surface area contributed by atoms with Gasteiger partial charge in [-0.1, -0.05) is 31.0 Å². The highest BCUT2D eigenvalue weighted by molar-refractivity contribution is 7.99. The van der Waals surface area contributed by atoms with Crippen LogP contribution in [0.3, 0.4) is 0 Å². The van der Waals surface area contributed by atoms with Gasteiger partial charge in [-0.15, -0.1) is 11.8 Å². The Labute approximate surface area is 122 Å². The Bertz CT molecular complexity index is 371. The molecule has 0 amide bonds. The number of thioether (sulfide) groups is 1. The van der Waals surface area contributed by atoms with E-state index in [1.807, 2.05) is 18.9 Å². The summed E-state index contributed by atoms with van der Waals surface area (Å²) >= 11 is 1.95. The zero-order valence-electron chi connectivity index (χ0n) is 12.4. The monoisotopic (exact) mass is 278 g/mol. The molecule has 1 aliphatic rings. The van der Waals surface area contributed by atoms with E-state index in [1.54, 1.807) is 0 Å². The quantitative estimate of drug-likeness (QED) is 0.654. The minimum Gasteiger partial charge on any atom is -0.381 e. The average Bonchev–Trinajstić information content (AvgIpc) is 2.39. The van der Waals surface area contributed by atoms with Gasteiger partial charge in [-0.25, -0.2) is 0 Å². The van der Waals surface area contributed by atoms with Crippen molar-refractivity contribution in [3.63, 3.8) is 0 Å². The second kappa shape index (κ2) is 7.35. The molecule has 0 aliphatic heterocycles. The highest BCUT2D eigenvalue weighted by Gasteiger charge is 2.35. The van der Waals surface area contributed by atoms with Crippen LogP contribution < -0.4 is 0 Å². The lowest BCUT2D eigenvalue weighted by atomic mass is 9.69. The minimum atomic E-state index is 0.469. The smallest absolute Gasteiger partial charge is 0.0610 e. The lowest BCUT2D eigenvalue weighted by Gasteiger charge is -2.41. The molecule has 3 atom stereocenters. The zero-order chi connectivity index (χ0) is 13.7. The molecule has 19 heavy (non-hydrogen) atoms. The van der Waals surface area contributed by atoms with Gasteiger partial charge < -0.3 is 4.74 Å². The van der Waals surface area contributed by atoms with E-state index in [9.17, 15) is 0 Å². The molecular weight excluding hydrogens is 252 g/mol. The van der Waals surface area contributed by atoms with Gasteiger partial charge in [-0.3, -0.25) is 0 Å². The fraction of sp³-hybridized carbons (Fsp3) is 0.647. The van der Waals surface area contributed by atoms with Gasteiger partial charge in [-0.05, 0) is 50.2 Å². The first kappa shape index (κ1) is 14.9. The summed E-state index contributed by atoms with van der Waals surface area (Å²) in [5, 5.41) is 0. The van der Waals surface area contributed by atoms with Crippen LogP contribution in [0.2, 0.25) is 0 Å². The number of methoxy groups -OCH3 is 1. The summed E-state index contributed by atoms with van der Waals surface area (Å²) in [5.74, 6) is 2.89. The molecule has 0 unspecified atom stereocenters. The van der Waals surface area contributed by atoms with Gasteiger partial charge in [-0.2, -0.15) is 0 Å². The third-order valence-electron chi connectivity index (χ3n) is 4.47. The molecule has 2 heteroatoms. The predicted octanol–water partition coefficient (Wildman–Crippen LogP) is 4.93. The van der Waals surface area contributed by atoms with Gasteiger partial charge in [0, 0.05) is 17.8 Å². The Kier molecular flexibility index (Phi) is 5.77. The van der Waals surface area contributed by atoms with E-state index in [-0.39, 0.29) is 0 Å². The first-order chi connectivity index (χ1) is 9.24. The fourth-order valence-electron chi connectivity index (χ4n) is 3.03. The van der Waals surface area contributed by atoms with Crippen molar-refractivity contribution in [2.45, 2.75) is 50.5 Å². The number of aryl methyl sites for hydroxylation is 1. The Balaban J connectivity index is 1.75. The second-order valence-electron chi connectivity index (χ2n) is 5.63. The molecule has 0 N–H and O–H groups in total. The van der Waals surface area contributed by atoms with Crippen LogP contribution in [0.25, 0.3) is 0 Å². The van der Waals surface area contributed by atoms with Gasteiger partial charge in [0.25, 0.3) is 0 Å². The van der Waals surface area contributed by atoms with E-state index in [0.717, 1.165) is 17.6 Å². The van der Waals surface area contributed by atoms with Crippen molar-refractivity contribution >= 4 is 11.8 Å². The normalized spacial score (nSPS) is 23.9. The molecular formula is C17H26OS. The molecule has 1 aliphatic carbocycles. The topological polar surface area (TPSA) is 9.23 Å². The Morgan fingerprint density at radius 2 is 2.00 bits per heavy atom. The van der Waals surface area contributed by atoms with Gasteiger partial charge >= 0.3 is 0 Å². The summed E-state index contributed by atoms with van der Waals surface area (Å²) in [5.41, 5.74) is 1.33. The average molecular weight is 278 g/mol. The molecule has 1 saturated carbocycles. The van der Waals surface area contributed by atoms with Crippen LogP contribution >= 0.6 is 11.8 Å². The summed E-state index contributed by atoms with van der Waals surface area (Å²) in [7, 11) is 1.88. The molecule has 1 nitrogen and oxygen atoms in total. The number of ether oxygens (including phenoxy) is 1. The molecule has 0 bridgehead atoms. The number of hydrogen-bond donors (Lipinski definition) is 0. The molecule has 0 heterocycles. The first-order valence-corrected chi connectivity index (χ1v) is 8.45. The predicted molar refractivity (Wildman–Crippen MR) is 83.8 cm³/mol. The highest BCUT2D eigenvalue weighted by atomic mass is 32.2. The SMILES string of the molecule is CC[C@@H]1CC[C@H]1[C@H](CCSc1ccc(C)cc1)OC. The van der Waals surface area contributed by atoms with Crippen molar-refractivity contribution in [2.24, 2.45) is 11.8 Å². The fourth-order valence-corrected chi connectivity index (χ4v) is 3.94. The zero-order valence-corrected chi connectivity index (χ0v) is 13.2. The maximum absolute atomic E-state index is 5.73. The summed E-state index contributed by atoms with van der Waals surface area (Å²) < 4.78 is 5.73. The number of rotatable bonds is 7. The van der Waals surface area contributed by atoms with E-state index < -0.39 is 0 Å². The van der Waals surface area contributed by atoms with Crippen LogP contribution in [0.15, 0.2) is 29.2 Å². The second-order valence-corrected chi connectivity index (χ2v) is 6.80. The molecule has 2 rings (SSSR count). The van der Waals surface area contributed by atoms with E-state index in [1.165, 1.54) is 36.1 Å². The van der Waals surface area contributed by atoms with Crippen LogP contribution in [0.1, 0.15) is 38.2 Å². The van der Waals surface area contributed by atoms with Crippen LogP contribution in [-0.4, -0.2) is 19.0 Å². The van der Waals surface area contributed by atoms with Gasteiger partial charge in [0.2, 0.25) is 0 Å². The Hall–Kier alpha value is -0.470. The van der Waals surface area contributed by atoms with Crippen LogP contribution in [0.5, 0.6) is 0 Å². The van der Waals surface area contributed by atoms with E-state index in [0.29, 0.717) is 6.10 Å². The molecule has 0 spiro atoms. The molecule has 0 radical (unpaired) electrons. The summed E-state index contributed by atoms with van der Waals surface area (Å²) in [6, 6.07) is 8.82. The first-order valence-electron chi connectivity index (χ1n) is 7.46. The van der Waals surface area contributed by atoms with E-state index in [2.05, 4.69) is 38.1 Å². The highest BCUT2D eigenvalue weighted by Crippen LogP contribution is 2.41.